The van der Waals surface area contributed by atoms with E-state index in [2.05, 4.69) is 36.0 Å². The molecule has 0 aliphatic carbocycles. The van der Waals surface area contributed by atoms with E-state index in [0.29, 0.717) is 13.0 Å². The molecule has 0 fully saturated rings. The van der Waals surface area contributed by atoms with E-state index in [1.807, 2.05) is 6.92 Å². The summed E-state index contributed by atoms with van der Waals surface area (Å²) in [5.41, 5.74) is 0. The van der Waals surface area contributed by atoms with E-state index in [-0.39, 0.29) is 10.4 Å². The van der Waals surface area contributed by atoms with Crippen LogP contribution in [0.1, 0.15) is 13.3 Å². The lowest BCUT2D eigenvalue weighted by atomic mass is 10.3. The van der Waals surface area contributed by atoms with Gasteiger partial charge in [-0.15, -0.1) is 0 Å². The lowest BCUT2D eigenvalue weighted by molar-refractivity contribution is -0.300. The summed E-state index contributed by atoms with van der Waals surface area (Å²) >= 11 is 2.75. The van der Waals surface area contributed by atoms with E-state index in [9.17, 15) is 26.3 Å². The van der Waals surface area contributed by atoms with Crippen molar-refractivity contribution in [1.82, 2.24) is 9.97 Å². The predicted octanol–water partition coefficient (Wildman–Crippen LogP) is 3.93. The van der Waals surface area contributed by atoms with Gasteiger partial charge in [0.2, 0.25) is 11.8 Å². The maximum absolute atomic E-state index is 12.4. The molecule has 0 spiro atoms. The predicted molar refractivity (Wildman–Crippen MR) is 65.0 cm³/mol. The Balaban J connectivity index is 3.03. The average molecular weight is 382 g/mol. The molecule has 0 saturated heterocycles. The maximum Gasteiger partial charge on any atom is 0.434 e. The monoisotopic (exact) mass is 381 g/mol. The molecule has 1 heterocycles. The smallest absolute Gasteiger partial charge is 0.434 e. The molecule has 0 aliphatic heterocycles. The summed E-state index contributed by atoms with van der Waals surface area (Å²) in [4.78, 5) is 7.18. The summed E-state index contributed by atoms with van der Waals surface area (Å²) < 4.78 is 78.3. The largest absolute Gasteiger partial charge is 0.454 e. The molecule has 0 radical (unpaired) electrons. The Labute approximate surface area is 124 Å². The number of halogens is 7. The normalized spacial score (nSPS) is 12.6. The number of ether oxygens (including phenoxy) is 1. The molecule has 0 bridgehead atoms. The summed E-state index contributed by atoms with van der Waals surface area (Å²) in [6.45, 7) is 2.22. The number of hydrogen-bond acceptors (Lipinski definition) is 4. The molecule has 1 N–H and O–H groups in total. The fraction of sp³-hybridized carbons (Fsp3) is 0.600. The number of rotatable bonds is 5. The van der Waals surface area contributed by atoms with Gasteiger partial charge in [-0.3, -0.25) is 0 Å². The van der Waals surface area contributed by atoms with Gasteiger partial charge in [-0.05, 0) is 22.4 Å². The average Bonchev–Trinajstić information content (AvgIpc) is 2.33. The SMILES string of the molecule is CCCNc1ncc(Br)c(OC(C(F)(F)F)C(F)(F)F)n1. The summed E-state index contributed by atoms with van der Waals surface area (Å²) in [5.74, 6) is -0.971. The molecule has 0 saturated carbocycles. The van der Waals surface area contributed by atoms with Crippen molar-refractivity contribution in [2.45, 2.75) is 31.8 Å². The number of nitrogens with one attached hydrogen (secondary N) is 1. The van der Waals surface area contributed by atoms with Gasteiger partial charge < -0.3 is 10.1 Å². The minimum Gasteiger partial charge on any atom is -0.454 e. The van der Waals surface area contributed by atoms with Gasteiger partial charge >= 0.3 is 12.4 Å². The minimum atomic E-state index is -5.61. The summed E-state index contributed by atoms with van der Waals surface area (Å²) in [6.07, 6.45) is -13.5. The van der Waals surface area contributed by atoms with E-state index in [4.69, 9.17) is 0 Å². The van der Waals surface area contributed by atoms with E-state index in [0.717, 1.165) is 6.20 Å². The van der Waals surface area contributed by atoms with Crippen molar-refractivity contribution in [1.29, 1.82) is 0 Å². The van der Waals surface area contributed by atoms with Gasteiger partial charge in [-0.1, -0.05) is 6.92 Å². The lowest BCUT2D eigenvalue weighted by Crippen LogP contribution is -2.46. The van der Waals surface area contributed by atoms with E-state index >= 15 is 0 Å². The highest BCUT2D eigenvalue weighted by Gasteiger charge is 2.59. The van der Waals surface area contributed by atoms with Gasteiger partial charge in [0.1, 0.15) is 0 Å². The van der Waals surface area contributed by atoms with E-state index in [1.54, 1.807) is 0 Å². The summed E-state index contributed by atoms with van der Waals surface area (Å²) in [5, 5.41) is 2.63. The van der Waals surface area contributed by atoms with Gasteiger partial charge in [0, 0.05) is 6.54 Å². The van der Waals surface area contributed by atoms with Crippen molar-refractivity contribution in [3.05, 3.63) is 10.7 Å². The first-order valence-electron chi connectivity index (χ1n) is 5.62. The topological polar surface area (TPSA) is 47.0 Å². The Bertz CT molecular complexity index is 465. The van der Waals surface area contributed by atoms with Crippen LogP contribution in [0, 0.1) is 0 Å². The second-order valence-corrected chi connectivity index (χ2v) is 4.71. The van der Waals surface area contributed by atoms with Crippen LogP contribution in [0.25, 0.3) is 0 Å². The molecule has 4 nitrogen and oxygen atoms in total. The molecular formula is C10H10BrF6N3O. The van der Waals surface area contributed by atoms with E-state index in [1.165, 1.54) is 0 Å². The second kappa shape index (κ2) is 6.67. The molecule has 0 aliphatic rings. The van der Waals surface area contributed by atoms with Crippen molar-refractivity contribution < 1.29 is 31.1 Å². The van der Waals surface area contributed by atoms with Crippen LogP contribution in [0.15, 0.2) is 10.7 Å². The van der Waals surface area contributed by atoms with Gasteiger partial charge in [-0.25, -0.2) is 4.98 Å². The third-order valence-electron chi connectivity index (χ3n) is 2.07. The second-order valence-electron chi connectivity index (χ2n) is 3.85. The number of aromatic nitrogens is 2. The molecular weight excluding hydrogens is 372 g/mol. The Kier molecular flexibility index (Phi) is 5.65. The highest BCUT2D eigenvalue weighted by atomic mass is 79.9. The van der Waals surface area contributed by atoms with Crippen LogP contribution >= 0.6 is 15.9 Å². The summed E-state index contributed by atoms with van der Waals surface area (Å²) in [6, 6.07) is 0. The Morgan fingerprint density at radius 2 is 1.81 bits per heavy atom. The number of hydrogen-bond donors (Lipinski definition) is 1. The van der Waals surface area contributed by atoms with Crippen LogP contribution < -0.4 is 10.1 Å². The molecule has 0 unspecified atom stereocenters. The maximum atomic E-state index is 12.4. The van der Waals surface area contributed by atoms with Crippen molar-refractivity contribution in [2.24, 2.45) is 0 Å². The summed E-state index contributed by atoms with van der Waals surface area (Å²) in [7, 11) is 0. The van der Waals surface area contributed by atoms with Gasteiger partial charge in [0.15, 0.2) is 0 Å². The van der Waals surface area contributed by atoms with Crippen molar-refractivity contribution in [2.75, 3.05) is 11.9 Å². The zero-order valence-electron chi connectivity index (χ0n) is 10.5. The molecule has 1 rings (SSSR count). The van der Waals surface area contributed by atoms with Crippen LogP contribution in [0.4, 0.5) is 32.3 Å². The molecule has 1 aromatic heterocycles. The van der Waals surface area contributed by atoms with Crippen LogP contribution in [-0.4, -0.2) is 35.0 Å². The van der Waals surface area contributed by atoms with Crippen LogP contribution in [0.3, 0.4) is 0 Å². The number of nitrogens with zero attached hydrogens (tertiary/aromatic N) is 2. The van der Waals surface area contributed by atoms with Crippen LogP contribution in [0.2, 0.25) is 0 Å². The third-order valence-corrected chi connectivity index (χ3v) is 2.61. The van der Waals surface area contributed by atoms with Crippen LogP contribution in [0.5, 0.6) is 5.88 Å². The third kappa shape index (κ3) is 5.21. The van der Waals surface area contributed by atoms with E-state index < -0.39 is 24.3 Å². The number of anilines is 1. The fourth-order valence-corrected chi connectivity index (χ4v) is 1.47. The Morgan fingerprint density at radius 1 is 1.24 bits per heavy atom. The molecule has 1 aromatic rings. The first-order chi connectivity index (χ1) is 9.55. The van der Waals surface area contributed by atoms with Crippen molar-refractivity contribution >= 4 is 21.9 Å². The molecule has 21 heavy (non-hydrogen) atoms. The van der Waals surface area contributed by atoms with Crippen LogP contribution in [-0.2, 0) is 0 Å². The molecule has 120 valence electrons. The fourth-order valence-electron chi connectivity index (χ4n) is 1.19. The highest BCUT2D eigenvalue weighted by Crippen LogP contribution is 2.37. The Morgan fingerprint density at radius 3 is 2.29 bits per heavy atom. The molecule has 0 amide bonds. The number of alkyl halides is 6. The zero-order valence-corrected chi connectivity index (χ0v) is 12.1. The van der Waals surface area contributed by atoms with Crippen molar-refractivity contribution in [3.63, 3.8) is 0 Å². The van der Waals surface area contributed by atoms with Gasteiger partial charge in [0.05, 0.1) is 10.7 Å². The molecule has 0 aromatic carbocycles. The first-order valence-corrected chi connectivity index (χ1v) is 6.41. The zero-order chi connectivity index (χ0) is 16.3. The van der Waals surface area contributed by atoms with Gasteiger partial charge in [-0.2, -0.15) is 31.3 Å². The van der Waals surface area contributed by atoms with Gasteiger partial charge in [0.25, 0.3) is 6.10 Å². The lowest BCUT2D eigenvalue weighted by Gasteiger charge is -2.23. The molecule has 0 atom stereocenters. The first kappa shape index (κ1) is 17.8. The standard InChI is InChI=1S/C10H10BrF6N3O/c1-2-3-18-8-19-4-5(11)6(20-8)21-7(9(12,13)14)10(15,16)17/h4,7H,2-3H2,1H3,(H,18,19,20). The highest BCUT2D eigenvalue weighted by molar-refractivity contribution is 9.10. The Hall–Kier alpha value is -1.26. The molecule has 11 heteroatoms. The van der Waals surface area contributed by atoms with Crippen molar-refractivity contribution in [3.8, 4) is 5.88 Å². The quantitative estimate of drug-likeness (QED) is 0.785. The minimum absolute atomic E-state index is 0.127.